The minimum atomic E-state index is -0.551. The third-order valence-electron chi connectivity index (χ3n) is 3.65. The molecule has 0 aliphatic carbocycles. The van der Waals surface area contributed by atoms with Crippen molar-refractivity contribution in [1.29, 1.82) is 0 Å². The van der Waals surface area contributed by atoms with Crippen LogP contribution in [0.1, 0.15) is 24.2 Å². The predicted molar refractivity (Wildman–Crippen MR) is 94.3 cm³/mol. The van der Waals surface area contributed by atoms with Gasteiger partial charge in [-0.05, 0) is 50.2 Å². The van der Waals surface area contributed by atoms with Gasteiger partial charge >= 0.3 is 0 Å². The lowest BCUT2D eigenvalue weighted by molar-refractivity contribution is -0.384. The quantitative estimate of drug-likeness (QED) is 0.633. The van der Waals surface area contributed by atoms with Gasteiger partial charge in [-0.1, -0.05) is 0 Å². The first-order valence-electron chi connectivity index (χ1n) is 7.89. The Hall–Kier alpha value is -3.29. The molecule has 2 aromatic carbocycles. The van der Waals surface area contributed by atoms with E-state index in [4.69, 9.17) is 0 Å². The van der Waals surface area contributed by atoms with Crippen LogP contribution in [0, 0.1) is 15.9 Å². The molecule has 1 N–H and O–H groups in total. The highest BCUT2D eigenvalue weighted by molar-refractivity contribution is 5.99. The van der Waals surface area contributed by atoms with E-state index in [1.54, 1.807) is 13.8 Å². The molecule has 0 aromatic heterocycles. The maximum absolute atomic E-state index is 12.9. The summed E-state index contributed by atoms with van der Waals surface area (Å²) in [5.41, 5.74) is 0.550. The van der Waals surface area contributed by atoms with E-state index in [9.17, 15) is 24.1 Å². The van der Waals surface area contributed by atoms with Gasteiger partial charge in [0.15, 0.2) is 0 Å². The molecule has 0 radical (unpaired) electrons. The first-order chi connectivity index (χ1) is 12.3. The van der Waals surface area contributed by atoms with Crippen LogP contribution < -0.4 is 5.32 Å². The van der Waals surface area contributed by atoms with Gasteiger partial charge in [-0.15, -0.1) is 0 Å². The summed E-state index contributed by atoms with van der Waals surface area (Å²) in [5, 5.41) is 13.3. The summed E-state index contributed by atoms with van der Waals surface area (Å²) in [6, 6.07) is 10.2. The number of benzene rings is 2. The Morgan fingerprint density at radius 1 is 1.12 bits per heavy atom. The Morgan fingerprint density at radius 3 is 2.19 bits per heavy atom. The second-order valence-electron chi connectivity index (χ2n) is 5.89. The molecule has 0 saturated carbocycles. The first kappa shape index (κ1) is 19.0. The summed E-state index contributed by atoms with van der Waals surface area (Å²) in [7, 11) is 0. The van der Waals surface area contributed by atoms with Crippen molar-refractivity contribution in [2.75, 3.05) is 11.9 Å². The van der Waals surface area contributed by atoms with Crippen LogP contribution in [0.4, 0.5) is 15.8 Å². The molecule has 0 heterocycles. The van der Waals surface area contributed by atoms with E-state index >= 15 is 0 Å². The zero-order valence-electron chi connectivity index (χ0n) is 14.3. The largest absolute Gasteiger partial charge is 0.327 e. The molecule has 8 heteroatoms. The number of carbonyl (C=O) groups excluding carboxylic acids is 2. The number of nitro groups is 1. The van der Waals surface area contributed by atoms with Gasteiger partial charge in [-0.3, -0.25) is 19.7 Å². The molecule has 0 fully saturated rings. The van der Waals surface area contributed by atoms with E-state index in [0.29, 0.717) is 5.69 Å². The second-order valence-corrected chi connectivity index (χ2v) is 5.89. The number of nitrogens with one attached hydrogen (secondary N) is 1. The lowest BCUT2D eigenvalue weighted by Crippen LogP contribution is -2.42. The van der Waals surface area contributed by atoms with Crippen LogP contribution in [-0.4, -0.2) is 34.2 Å². The first-order valence-corrected chi connectivity index (χ1v) is 7.89. The molecule has 26 heavy (non-hydrogen) atoms. The van der Waals surface area contributed by atoms with Crippen molar-refractivity contribution in [1.82, 2.24) is 4.90 Å². The normalized spacial score (nSPS) is 10.5. The van der Waals surface area contributed by atoms with E-state index in [2.05, 4.69) is 5.32 Å². The van der Waals surface area contributed by atoms with Gasteiger partial charge in [0.1, 0.15) is 12.4 Å². The fourth-order valence-electron chi connectivity index (χ4n) is 2.27. The molecular weight excluding hydrogens is 341 g/mol. The summed E-state index contributed by atoms with van der Waals surface area (Å²) in [5.74, 6) is -1.26. The molecule has 0 spiro atoms. The van der Waals surface area contributed by atoms with Crippen molar-refractivity contribution >= 4 is 23.2 Å². The topological polar surface area (TPSA) is 92.6 Å². The van der Waals surface area contributed by atoms with Crippen molar-refractivity contribution in [3.8, 4) is 0 Å². The van der Waals surface area contributed by atoms with Gasteiger partial charge in [0.05, 0.1) is 4.92 Å². The van der Waals surface area contributed by atoms with Gasteiger partial charge in [0, 0.05) is 29.4 Å². The summed E-state index contributed by atoms with van der Waals surface area (Å²) in [6.45, 7) is 3.31. The van der Waals surface area contributed by atoms with Crippen LogP contribution in [-0.2, 0) is 4.79 Å². The zero-order chi connectivity index (χ0) is 19.3. The van der Waals surface area contributed by atoms with Crippen LogP contribution in [0.2, 0.25) is 0 Å². The summed E-state index contributed by atoms with van der Waals surface area (Å²) in [6.07, 6.45) is 0. The third-order valence-corrected chi connectivity index (χ3v) is 3.65. The number of non-ortho nitro benzene ring substituents is 1. The minimum absolute atomic E-state index is 0.119. The average molecular weight is 359 g/mol. The van der Waals surface area contributed by atoms with Gasteiger partial charge < -0.3 is 10.2 Å². The summed E-state index contributed by atoms with van der Waals surface area (Å²) in [4.78, 5) is 36.3. The number of nitrogens with zero attached hydrogens (tertiary/aromatic N) is 2. The van der Waals surface area contributed by atoms with E-state index in [1.807, 2.05) is 0 Å². The molecule has 0 bridgehead atoms. The number of carbonyl (C=O) groups is 2. The molecule has 0 aliphatic heterocycles. The maximum atomic E-state index is 12.9. The molecule has 7 nitrogen and oxygen atoms in total. The number of hydrogen-bond acceptors (Lipinski definition) is 4. The minimum Gasteiger partial charge on any atom is -0.327 e. The van der Waals surface area contributed by atoms with Crippen molar-refractivity contribution < 1.29 is 18.9 Å². The number of anilines is 1. The zero-order valence-corrected chi connectivity index (χ0v) is 14.3. The van der Waals surface area contributed by atoms with Crippen molar-refractivity contribution in [3.05, 3.63) is 70.0 Å². The molecule has 0 unspecified atom stereocenters. The Kier molecular flexibility index (Phi) is 6.00. The average Bonchev–Trinajstić information content (AvgIpc) is 2.61. The highest BCUT2D eigenvalue weighted by Gasteiger charge is 2.22. The molecule has 0 saturated heterocycles. The van der Waals surface area contributed by atoms with Crippen LogP contribution >= 0.6 is 0 Å². The summed E-state index contributed by atoms with van der Waals surface area (Å²) >= 11 is 0. The SMILES string of the molecule is CC(C)N(CC(=O)Nc1ccc(F)cc1)C(=O)c1ccc([N+](=O)[O-])cc1. The number of nitro benzene ring substituents is 1. The van der Waals surface area contributed by atoms with Crippen molar-refractivity contribution in [2.45, 2.75) is 19.9 Å². The number of halogens is 1. The van der Waals surface area contributed by atoms with Crippen LogP contribution in [0.25, 0.3) is 0 Å². The fraction of sp³-hybridized carbons (Fsp3) is 0.222. The molecule has 0 atom stereocenters. The van der Waals surface area contributed by atoms with Crippen molar-refractivity contribution in [3.63, 3.8) is 0 Å². The third kappa shape index (κ3) is 4.85. The standard InChI is InChI=1S/C18H18FN3O4/c1-12(2)21(11-17(23)20-15-7-5-14(19)6-8-15)18(24)13-3-9-16(10-4-13)22(25)26/h3-10,12H,11H2,1-2H3,(H,20,23). The Labute approximate surface area is 149 Å². The molecule has 0 aliphatic rings. The number of hydrogen-bond donors (Lipinski definition) is 1. The van der Waals surface area contributed by atoms with E-state index in [1.165, 1.54) is 53.4 Å². The Morgan fingerprint density at radius 2 is 1.69 bits per heavy atom. The highest BCUT2D eigenvalue weighted by atomic mass is 19.1. The van der Waals surface area contributed by atoms with Gasteiger partial charge in [-0.25, -0.2) is 4.39 Å². The summed E-state index contributed by atoms with van der Waals surface area (Å²) < 4.78 is 12.9. The highest BCUT2D eigenvalue weighted by Crippen LogP contribution is 2.15. The Balaban J connectivity index is 2.09. The second kappa shape index (κ2) is 8.19. The molecular formula is C18H18FN3O4. The lowest BCUT2D eigenvalue weighted by Gasteiger charge is -2.26. The molecule has 136 valence electrons. The monoisotopic (exact) mass is 359 g/mol. The van der Waals surface area contributed by atoms with Gasteiger partial charge in [-0.2, -0.15) is 0 Å². The fourth-order valence-corrected chi connectivity index (χ4v) is 2.27. The lowest BCUT2D eigenvalue weighted by atomic mass is 10.1. The van der Waals surface area contributed by atoms with E-state index < -0.39 is 22.6 Å². The Bertz CT molecular complexity index is 804. The van der Waals surface area contributed by atoms with Crippen molar-refractivity contribution in [2.24, 2.45) is 0 Å². The van der Waals surface area contributed by atoms with Crippen LogP contribution in [0.3, 0.4) is 0 Å². The van der Waals surface area contributed by atoms with Crippen LogP contribution in [0.5, 0.6) is 0 Å². The number of rotatable bonds is 6. The smallest absolute Gasteiger partial charge is 0.269 e. The maximum Gasteiger partial charge on any atom is 0.269 e. The van der Waals surface area contributed by atoms with Crippen LogP contribution in [0.15, 0.2) is 48.5 Å². The molecule has 2 aromatic rings. The molecule has 2 rings (SSSR count). The molecule has 2 amide bonds. The number of amides is 2. The van der Waals surface area contributed by atoms with Gasteiger partial charge in [0.2, 0.25) is 5.91 Å². The predicted octanol–water partition coefficient (Wildman–Crippen LogP) is 3.22. The van der Waals surface area contributed by atoms with E-state index in [0.717, 1.165) is 0 Å². The van der Waals surface area contributed by atoms with Gasteiger partial charge in [0.25, 0.3) is 11.6 Å². The van der Waals surface area contributed by atoms with E-state index in [-0.39, 0.29) is 23.8 Å².